The summed E-state index contributed by atoms with van der Waals surface area (Å²) in [5, 5.41) is 8.05. The van der Waals surface area contributed by atoms with Gasteiger partial charge >= 0.3 is 0 Å². The molecule has 0 radical (unpaired) electrons. The molecule has 2 aliphatic rings. The van der Waals surface area contributed by atoms with Crippen LogP contribution in [0.25, 0.3) is 27.8 Å². The maximum atomic E-state index is 5.33. The molecule has 1 aliphatic carbocycles. The molecule has 1 N–H and O–H groups in total. The molecule has 5 heterocycles. The number of hydrogen-bond acceptors (Lipinski definition) is 7. The number of hydrogen-bond donors (Lipinski definition) is 1. The second kappa shape index (κ2) is 5.43. The molecule has 1 saturated carbocycles. The molecule has 4 aromatic rings. The Balaban J connectivity index is 1.29. The van der Waals surface area contributed by atoms with E-state index >= 15 is 0 Å². The van der Waals surface area contributed by atoms with Crippen LogP contribution in [0.2, 0.25) is 0 Å². The van der Waals surface area contributed by atoms with E-state index in [9.17, 15) is 0 Å². The zero-order chi connectivity index (χ0) is 17.8. The van der Waals surface area contributed by atoms with Gasteiger partial charge in [0.1, 0.15) is 5.52 Å². The van der Waals surface area contributed by atoms with Crippen molar-refractivity contribution in [1.29, 1.82) is 0 Å². The number of anilines is 1. The minimum absolute atomic E-state index is 0.425. The summed E-state index contributed by atoms with van der Waals surface area (Å²) in [5.41, 5.74) is 4.77. The summed E-state index contributed by atoms with van der Waals surface area (Å²) in [4.78, 5) is 17.5. The molecule has 0 atom stereocenters. The molecule has 0 unspecified atom stereocenters. The summed E-state index contributed by atoms with van der Waals surface area (Å²) in [6, 6.07) is 4.45. The highest BCUT2D eigenvalue weighted by Gasteiger charge is 2.49. The first-order chi connectivity index (χ1) is 13.3. The molecular formula is C19H17N7O. The van der Waals surface area contributed by atoms with Gasteiger partial charge in [0.05, 0.1) is 24.9 Å². The van der Waals surface area contributed by atoms with Gasteiger partial charge in [-0.15, -0.1) is 5.10 Å². The fraction of sp³-hybridized carbons (Fsp3) is 0.316. The molecule has 8 nitrogen and oxygen atoms in total. The van der Waals surface area contributed by atoms with E-state index in [1.165, 1.54) is 0 Å². The lowest BCUT2D eigenvalue weighted by atomic mass is 9.64. The molecule has 2 fully saturated rings. The van der Waals surface area contributed by atoms with Crippen molar-refractivity contribution < 1.29 is 4.74 Å². The van der Waals surface area contributed by atoms with Crippen LogP contribution in [0, 0.1) is 5.41 Å². The van der Waals surface area contributed by atoms with Crippen molar-refractivity contribution in [2.24, 2.45) is 5.41 Å². The van der Waals surface area contributed by atoms with Crippen LogP contribution >= 0.6 is 0 Å². The van der Waals surface area contributed by atoms with Gasteiger partial charge in [0.2, 0.25) is 5.95 Å². The highest BCUT2D eigenvalue weighted by atomic mass is 16.5. The minimum Gasteiger partial charge on any atom is -0.380 e. The Kier molecular flexibility index (Phi) is 3.01. The molecule has 6 rings (SSSR count). The second-order valence-electron chi connectivity index (χ2n) is 7.51. The van der Waals surface area contributed by atoms with Crippen molar-refractivity contribution in [3.63, 3.8) is 0 Å². The number of ether oxygens (including phenoxy) is 1. The molecule has 0 bridgehead atoms. The normalized spacial score (nSPS) is 18.5. The Morgan fingerprint density at radius 1 is 1.07 bits per heavy atom. The lowest BCUT2D eigenvalue weighted by Crippen LogP contribution is -2.56. The topological polar surface area (TPSA) is 90.1 Å². The van der Waals surface area contributed by atoms with Crippen LogP contribution in [0.1, 0.15) is 12.8 Å². The van der Waals surface area contributed by atoms with E-state index in [0.717, 1.165) is 48.2 Å². The van der Waals surface area contributed by atoms with E-state index in [0.29, 0.717) is 23.1 Å². The van der Waals surface area contributed by atoms with Crippen molar-refractivity contribution in [2.75, 3.05) is 18.5 Å². The van der Waals surface area contributed by atoms with Crippen molar-refractivity contribution in [1.82, 2.24) is 29.5 Å². The third-order valence-electron chi connectivity index (χ3n) is 5.56. The molecule has 1 saturated heterocycles. The molecule has 1 aliphatic heterocycles. The number of fused-ring (bicyclic) bond motifs is 2. The van der Waals surface area contributed by atoms with Crippen molar-refractivity contribution in [3.8, 4) is 11.1 Å². The summed E-state index contributed by atoms with van der Waals surface area (Å²) < 4.78 is 7.18. The first kappa shape index (κ1) is 15.0. The molecule has 1 spiro atoms. The lowest BCUT2D eigenvalue weighted by Gasteiger charge is -2.53. The van der Waals surface area contributed by atoms with Crippen LogP contribution in [0.15, 0.2) is 43.1 Å². The number of pyridine rings is 1. The first-order valence-corrected chi connectivity index (χ1v) is 9.04. The van der Waals surface area contributed by atoms with E-state index in [-0.39, 0.29) is 0 Å². The Hall–Kier alpha value is -3.13. The number of aromatic nitrogens is 6. The standard InChI is InChI=1S/C19H17N7O/c1-4-26-16(14(1)12-5-15-17(22-8-12)21-3-2-20-15)9-23-18(25-26)24-13-6-19(7-13)10-27-11-19/h1-5,8-9,13H,6-7,10-11H2,(H,24,25). The van der Waals surface area contributed by atoms with E-state index < -0.39 is 0 Å². The zero-order valence-electron chi connectivity index (χ0n) is 14.5. The van der Waals surface area contributed by atoms with Crippen LogP contribution < -0.4 is 5.32 Å². The summed E-state index contributed by atoms with van der Waals surface area (Å²) in [5.74, 6) is 0.659. The number of nitrogens with zero attached hydrogens (tertiary/aromatic N) is 6. The van der Waals surface area contributed by atoms with E-state index in [4.69, 9.17) is 4.74 Å². The third kappa shape index (κ3) is 2.37. The average molecular weight is 359 g/mol. The van der Waals surface area contributed by atoms with Crippen LogP contribution in [0.3, 0.4) is 0 Å². The smallest absolute Gasteiger partial charge is 0.241 e. The SMILES string of the molecule is c1cnc2ncc(-c3ccn4nc(NC5CC6(COC6)C5)ncc34)cc2n1. The molecular weight excluding hydrogens is 342 g/mol. The van der Waals surface area contributed by atoms with Gasteiger partial charge in [0.15, 0.2) is 5.65 Å². The Labute approximate surface area is 154 Å². The lowest BCUT2D eigenvalue weighted by molar-refractivity contribution is -0.160. The van der Waals surface area contributed by atoms with Gasteiger partial charge in [-0.2, -0.15) is 0 Å². The third-order valence-corrected chi connectivity index (χ3v) is 5.56. The van der Waals surface area contributed by atoms with Gasteiger partial charge in [-0.25, -0.2) is 19.5 Å². The monoisotopic (exact) mass is 359 g/mol. The quantitative estimate of drug-likeness (QED) is 0.600. The van der Waals surface area contributed by atoms with Gasteiger partial charge in [0, 0.05) is 47.4 Å². The largest absolute Gasteiger partial charge is 0.380 e. The molecule has 0 aromatic carbocycles. The number of nitrogens with one attached hydrogen (secondary N) is 1. The molecule has 8 heteroatoms. The van der Waals surface area contributed by atoms with Crippen molar-refractivity contribution in [3.05, 3.63) is 43.1 Å². The van der Waals surface area contributed by atoms with Crippen molar-refractivity contribution >= 4 is 22.6 Å². The summed E-state index contributed by atoms with van der Waals surface area (Å²) >= 11 is 0. The molecule has 27 heavy (non-hydrogen) atoms. The van der Waals surface area contributed by atoms with Crippen LogP contribution in [-0.2, 0) is 4.74 Å². The summed E-state index contributed by atoms with van der Waals surface area (Å²) in [6.07, 6.45) is 11.2. The predicted molar refractivity (Wildman–Crippen MR) is 99.2 cm³/mol. The van der Waals surface area contributed by atoms with E-state index in [1.807, 2.05) is 35.2 Å². The maximum absolute atomic E-state index is 5.33. The highest BCUT2D eigenvalue weighted by molar-refractivity contribution is 5.84. The molecule has 134 valence electrons. The van der Waals surface area contributed by atoms with Gasteiger partial charge in [-0.05, 0) is 25.0 Å². The van der Waals surface area contributed by atoms with Crippen LogP contribution in [0.5, 0.6) is 0 Å². The van der Waals surface area contributed by atoms with Crippen molar-refractivity contribution in [2.45, 2.75) is 18.9 Å². The van der Waals surface area contributed by atoms with Gasteiger partial charge in [0.25, 0.3) is 0 Å². The number of rotatable bonds is 3. The predicted octanol–water partition coefficient (Wildman–Crippen LogP) is 2.33. The molecule has 0 amide bonds. The highest BCUT2D eigenvalue weighted by Crippen LogP contribution is 2.47. The maximum Gasteiger partial charge on any atom is 0.241 e. The second-order valence-corrected chi connectivity index (χ2v) is 7.51. The fourth-order valence-electron chi connectivity index (χ4n) is 4.11. The summed E-state index contributed by atoms with van der Waals surface area (Å²) in [6.45, 7) is 1.80. The molecule has 4 aromatic heterocycles. The van der Waals surface area contributed by atoms with Gasteiger partial charge in [-0.3, -0.25) is 4.98 Å². The Bertz CT molecular complexity index is 1160. The Morgan fingerprint density at radius 2 is 1.96 bits per heavy atom. The van der Waals surface area contributed by atoms with E-state index in [2.05, 4.69) is 30.4 Å². The fourth-order valence-corrected chi connectivity index (χ4v) is 4.11. The van der Waals surface area contributed by atoms with Crippen LogP contribution in [-0.4, -0.2) is 48.8 Å². The average Bonchev–Trinajstić information content (AvgIpc) is 3.05. The minimum atomic E-state index is 0.425. The zero-order valence-corrected chi connectivity index (χ0v) is 14.5. The van der Waals surface area contributed by atoms with E-state index in [1.54, 1.807) is 12.4 Å². The first-order valence-electron chi connectivity index (χ1n) is 9.04. The summed E-state index contributed by atoms with van der Waals surface area (Å²) in [7, 11) is 0. The van der Waals surface area contributed by atoms with Crippen LogP contribution in [0.4, 0.5) is 5.95 Å². The Morgan fingerprint density at radius 3 is 2.81 bits per heavy atom. The van der Waals surface area contributed by atoms with Gasteiger partial charge < -0.3 is 10.1 Å². The van der Waals surface area contributed by atoms with Gasteiger partial charge in [-0.1, -0.05) is 0 Å².